The maximum atomic E-state index is 10.7. The highest BCUT2D eigenvalue weighted by molar-refractivity contribution is 8.13. The molecule has 0 amide bonds. The normalized spacial score (nSPS) is 14.6. The molecule has 2 atom stereocenters. The molecule has 0 bridgehead atoms. The number of rotatable bonds is 5. The summed E-state index contributed by atoms with van der Waals surface area (Å²) < 4.78 is 4.93. The number of thioether (sulfide) groups is 1. The number of hydrogen-bond donors (Lipinski definition) is 2. The molecule has 0 aliphatic heterocycles. The number of hydrogen-bond acceptors (Lipinski definition) is 6. The van der Waals surface area contributed by atoms with Crippen LogP contribution in [-0.4, -0.2) is 32.3 Å². The lowest BCUT2D eigenvalue weighted by Crippen LogP contribution is -2.20. The fourth-order valence-corrected chi connectivity index (χ4v) is 2.23. The van der Waals surface area contributed by atoms with Crippen molar-refractivity contribution >= 4 is 16.9 Å². The van der Waals surface area contributed by atoms with Gasteiger partial charge in [0.1, 0.15) is 11.9 Å². The Morgan fingerprint density at radius 1 is 1.47 bits per heavy atom. The summed E-state index contributed by atoms with van der Waals surface area (Å²) in [5, 5.41) is 23.5. The number of nitrogens with zero attached hydrogens (tertiary/aromatic N) is 1. The Hall–Kier alpha value is -0.850. The maximum absolute atomic E-state index is 10.7. The number of aromatic nitrogens is 1. The van der Waals surface area contributed by atoms with Gasteiger partial charge in [-0.3, -0.25) is 4.79 Å². The summed E-state index contributed by atoms with van der Waals surface area (Å²) in [6.07, 6.45) is -1.59. The molecule has 0 radical (unpaired) electrons. The molecule has 17 heavy (non-hydrogen) atoms. The van der Waals surface area contributed by atoms with Gasteiger partial charge >= 0.3 is 0 Å². The average molecular weight is 259 g/mol. The minimum absolute atomic E-state index is 0.00373. The zero-order valence-corrected chi connectivity index (χ0v) is 11.0. The molecule has 1 rings (SSSR count). The van der Waals surface area contributed by atoms with Crippen molar-refractivity contribution in [2.75, 3.05) is 5.75 Å². The van der Waals surface area contributed by atoms with Gasteiger partial charge in [0.15, 0.2) is 5.12 Å². The van der Waals surface area contributed by atoms with Crippen molar-refractivity contribution < 1.29 is 19.5 Å². The molecular formula is C11H17NO4S. The van der Waals surface area contributed by atoms with Crippen molar-refractivity contribution in [3.63, 3.8) is 0 Å². The van der Waals surface area contributed by atoms with E-state index >= 15 is 0 Å². The third kappa shape index (κ3) is 3.83. The van der Waals surface area contributed by atoms with Crippen LogP contribution >= 0.6 is 11.8 Å². The van der Waals surface area contributed by atoms with Gasteiger partial charge in [0.25, 0.3) is 0 Å². The molecule has 5 nitrogen and oxygen atoms in total. The number of carbonyl (C=O) groups is 1. The van der Waals surface area contributed by atoms with Crippen LogP contribution in [-0.2, 0) is 4.79 Å². The molecule has 0 aliphatic rings. The first-order chi connectivity index (χ1) is 7.93. The number of aliphatic hydroxyl groups excluding tert-OH is 2. The minimum atomic E-state index is -1.02. The molecule has 6 heteroatoms. The second-order valence-electron chi connectivity index (χ2n) is 3.88. The quantitative estimate of drug-likeness (QED) is 0.830. The van der Waals surface area contributed by atoms with Crippen LogP contribution in [0.5, 0.6) is 0 Å². The Morgan fingerprint density at radius 2 is 2.12 bits per heavy atom. The van der Waals surface area contributed by atoms with E-state index in [9.17, 15) is 15.0 Å². The summed E-state index contributed by atoms with van der Waals surface area (Å²) in [6.45, 7) is 4.88. The van der Waals surface area contributed by atoms with Gasteiger partial charge in [-0.25, -0.2) is 0 Å². The predicted molar refractivity (Wildman–Crippen MR) is 64.7 cm³/mol. The first-order valence-electron chi connectivity index (χ1n) is 5.35. The highest BCUT2D eigenvalue weighted by Crippen LogP contribution is 2.26. The number of aryl methyl sites for hydroxylation is 2. The van der Waals surface area contributed by atoms with Gasteiger partial charge in [-0.05, 0) is 20.3 Å². The van der Waals surface area contributed by atoms with Crippen molar-refractivity contribution in [2.45, 2.75) is 39.4 Å². The Balaban J connectivity index is 2.57. The lowest BCUT2D eigenvalue weighted by atomic mass is 10.0. The molecule has 0 aliphatic carbocycles. The first-order valence-corrected chi connectivity index (χ1v) is 6.34. The lowest BCUT2D eigenvalue weighted by Gasteiger charge is -2.17. The maximum Gasteiger partial charge on any atom is 0.185 e. The number of carbonyl (C=O) groups excluding carboxylic acids is 1. The van der Waals surface area contributed by atoms with Crippen LogP contribution in [0.1, 0.15) is 36.5 Å². The Morgan fingerprint density at radius 3 is 2.59 bits per heavy atom. The van der Waals surface area contributed by atoms with Gasteiger partial charge in [0, 0.05) is 18.2 Å². The summed E-state index contributed by atoms with van der Waals surface area (Å²) in [6, 6.07) is 0. The monoisotopic (exact) mass is 259 g/mol. The smallest absolute Gasteiger partial charge is 0.185 e. The summed E-state index contributed by atoms with van der Waals surface area (Å²) in [7, 11) is 0. The fraction of sp³-hybridized carbons (Fsp3) is 0.636. The summed E-state index contributed by atoms with van der Waals surface area (Å²) in [5.41, 5.74) is 1.11. The predicted octanol–water partition coefficient (Wildman–Crippen LogP) is 1.36. The standard InChI is InChI=1S/C11H17NO4S/c1-6-10(7(2)16-12-6)11(15)9(14)4-5-17-8(3)13/h9,11,14-15H,4-5H2,1-3H3. The Labute approximate surface area is 104 Å². The zero-order valence-electron chi connectivity index (χ0n) is 10.1. The first kappa shape index (κ1) is 14.2. The topological polar surface area (TPSA) is 83.6 Å². The average Bonchev–Trinajstić information content (AvgIpc) is 2.57. The van der Waals surface area contributed by atoms with Crippen LogP contribution in [0.2, 0.25) is 0 Å². The highest BCUT2D eigenvalue weighted by atomic mass is 32.2. The summed E-state index contributed by atoms with van der Waals surface area (Å²) >= 11 is 1.13. The summed E-state index contributed by atoms with van der Waals surface area (Å²) in [5.74, 6) is 0.991. The van der Waals surface area contributed by atoms with Crippen molar-refractivity contribution in [1.82, 2.24) is 5.16 Å². The zero-order chi connectivity index (χ0) is 13.0. The minimum Gasteiger partial charge on any atom is -0.390 e. The van der Waals surface area contributed by atoms with Gasteiger partial charge in [-0.15, -0.1) is 0 Å². The Kier molecular flexibility index (Phi) is 5.17. The molecule has 0 aromatic carbocycles. The second kappa shape index (κ2) is 6.18. The van der Waals surface area contributed by atoms with E-state index in [1.54, 1.807) is 13.8 Å². The van der Waals surface area contributed by atoms with Gasteiger partial charge in [0.05, 0.1) is 11.8 Å². The third-order valence-electron chi connectivity index (χ3n) is 2.47. The van der Waals surface area contributed by atoms with E-state index in [-0.39, 0.29) is 5.12 Å². The molecule has 1 aromatic rings. The van der Waals surface area contributed by atoms with E-state index in [0.29, 0.717) is 29.2 Å². The van der Waals surface area contributed by atoms with E-state index in [2.05, 4.69) is 5.16 Å². The van der Waals surface area contributed by atoms with E-state index < -0.39 is 12.2 Å². The van der Waals surface area contributed by atoms with E-state index in [1.165, 1.54) is 6.92 Å². The van der Waals surface area contributed by atoms with Gasteiger partial charge in [-0.2, -0.15) is 0 Å². The van der Waals surface area contributed by atoms with Crippen LogP contribution in [0.3, 0.4) is 0 Å². The highest BCUT2D eigenvalue weighted by Gasteiger charge is 2.24. The van der Waals surface area contributed by atoms with Crippen LogP contribution in [0, 0.1) is 13.8 Å². The molecular weight excluding hydrogens is 242 g/mol. The van der Waals surface area contributed by atoms with Crippen LogP contribution in [0.4, 0.5) is 0 Å². The van der Waals surface area contributed by atoms with Crippen molar-refractivity contribution in [2.24, 2.45) is 0 Å². The van der Waals surface area contributed by atoms with Crippen LogP contribution < -0.4 is 0 Å². The molecule has 96 valence electrons. The van der Waals surface area contributed by atoms with Crippen LogP contribution in [0.15, 0.2) is 4.52 Å². The third-order valence-corrected chi connectivity index (χ3v) is 3.31. The molecule has 2 N–H and O–H groups in total. The molecule has 1 heterocycles. The van der Waals surface area contributed by atoms with E-state index in [1.807, 2.05) is 0 Å². The molecule has 0 saturated carbocycles. The lowest BCUT2D eigenvalue weighted by molar-refractivity contribution is -0.109. The molecule has 0 saturated heterocycles. The van der Waals surface area contributed by atoms with Gasteiger partial charge < -0.3 is 14.7 Å². The van der Waals surface area contributed by atoms with Gasteiger partial charge in [-0.1, -0.05) is 16.9 Å². The Bertz CT molecular complexity index is 371. The second-order valence-corrected chi connectivity index (χ2v) is 5.15. The van der Waals surface area contributed by atoms with Crippen LogP contribution in [0.25, 0.3) is 0 Å². The molecule has 2 unspecified atom stereocenters. The van der Waals surface area contributed by atoms with Crippen molar-refractivity contribution in [3.8, 4) is 0 Å². The largest absolute Gasteiger partial charge is 0.390 e. The van der Waals surface area contributed by atoms with E-state index in [0.717, 1.165) is 11.8 Å². The van der Waals surface area contributed by atoms with Crippen molar-refractivity contribution in [3.05, 3.63) is 17.0 Å². The van der Waals surface area contributed by atoms with Crippen molar-refractivity contribution in [1.29, 1.82) is 0 Å². The fourth-order valence-electron chi connectivity index (χ4n) is 1.59. The summed E-state index contributed by atoms with van der Waals surface area (Å²) in [4.78, 5) is 10.7. The molecule has 1 aromatic heterocycles. The van der Waals surface area contributed by atoms with E-state index in [4.69, 9.17) is 4.52 Å². The molecule has 0 spiro atoms. The number of aliphatic hydroxyl groups is 2. The van der Waals surface area contributed by atoms with Gasteiger partial charge in [0.2, 0.25) is 0 Å². The molecule has 0 fully saturated rings. The SMILES string of the molecule is CC(=O)SCCC(O)C(O)c1c(C)noc1C.